The highest BCUT2D eigenvalue weighted by atomic mass is 35.5. The number of hydrogen-bond acceptors (Lipinski definition) is 3. The van der Waals surface area contributed by atoms with Gasteiger partial charge >= 0.3 is 0 Å². The van der Waals surface area contributed by atoms with Crippen molar-refractivity contribution >= 4 is 30.1 Å². The first-order chi connectivity index (χ1) is 7.36. The molecule has 0 spiro atoms. The number of carbonyl (C=O) groups is 1. The van der Waals surface area contributed by atoms with Crippen LogP contribution in [0.4, 0.5) is 0 Å². The van der Waals surface area contributed by atoms with Crippen LogP contribution in [0.3, 0.4) is 0 Å². The average Bonchev–Trinajstić information content (AvgIpc) is 2.31. The molecule has 3 nitrogen and oxygen atoms in total. The number of rotatable bonds is 2. The minimum absolute atomic E-state index is 0. The van der Waals surface area contributed by atoms with E-state index in [1.165, 1.54) is 11.5 Å². The molecule has 0 bridgehead atoms. The van der Waals surface area contributed by atoms with E-state index >= 15 is 0 Å². The fraction of sp³-hybridized carbons (Fsp3) is 0.909. The molecule has 5 heteroatoms. The molecule has 2 N–H and O–H groups in total. The van der Waals surface area contributed by atoms with E-state index in [1.807, 2.05) is 11.8 Å². The quantitative estimate of drug-likeness (QED) is 0.793. The van der Waals surface area contributed by atoms with E-state index in [0.717, 1.165) is 38.8 Å². The van der Waals surface area contributed by atoms with Gasteiger partial charge < -0.3 is 10.6 Å². The lowest BCUT2D eigenvalue weighted by Gasteiger charge is -2.27. The molecule has 2 rings (SSSR count). The van der Waals surface area contributed by atoms with E-state index in [9.17, 15) is 4.79 Å². The van der Waals surface area contributed by atoms with Crippen LogP contribution >= 0.6 is 24.2 Å². The Hall–Kier alpha value is 0.0700. The van der Waals surface area contributed by atoms with Crippen molar-refractivity contribution in [2.24, 2.45) is 5.92 Å². The lowest BCUT2D eigenvalue weighted by molar-refractivity contribution is -0.126. The normalized spacial score (nSPS) is 26.9. The van der Waals surface area contributed by atoms with Gasteiger partial charge in [-0.25, -0.2) is 0 Å². The Bertz CT molecular complexity index is 216. The standard InChI is InChI=1S/C11H20N2OS.ClH/c14-11(9-2-1-5-12-8-9)13-10-3-6-15-7-4-10;/h9-10,12H,1-8H2,(H,13,14);1H/t9-;/m1./s1. The van der Waals surface area contributed by atoms with Crippen LogP contribution < -0.4 is 10.6 Å². The molecule has 0 radical (unpaired) electrons. The van der Waals surface area contributed by atoms with Gasteiger partial charge in [-0.1, -0.05) is 0 Å². The Kier molecular flexibility index (Phi) is 6.54. The van der Waals surface area contributed by atoms with Crippen LogP contribution in [0.5, 0.6) is 0 Å². The van der Waals surface area contributed by atoms with Crippen LogP contribution in [-0.4, -0.2) is 36.5 Å². The average molecular weight is 265 g/mol. The number of halogens is 1. The van der Waals surface area contributed by atoms with Gasteiger partial charge in [-0.05, 0) is 43.7 Å². The highest BCUT2D eigenvalue weighted by molar-refractivity contribution is 7.99. The van der Waals surface area contributed by atoms with Gasteiger partial charge in [0.2, 0.25) is 5.91 Å². The van der Waals surface area contributed by atoms with Gasteiger partial charge in [0.25, 0.3) is 0 Å². The molecule has 0 saturated carbocycles. The summed E-state index contributed by atoms with van der Waals surface area (Å²) in [5.41, 5.74) is 0. The van der Waals surface area contributed by atoms with Gasteiger partial charge in [0.15, 0.2) is 0 Å². The fourth-order valence-corrected chi connectivity index (χ4v) is 3.34. The molecule has 2 aliphatic heterocycles. The molecule has 0 aromatic rings. The Morgan fingerprint density at radius 2 is 2.00 bits per heavy atom. The molecule has 94 valence electrons. The van der Waals surface area contributed by atoms with Crippen molar-refractivity contribution in [1.82, 2.24) is 10.6 Å². The van der Waals surface area contributed by atoms with E-state index in [-0.39, 0.29) is 24.2 Å². The first-order valence-electron chi connectivity index (χ1n) is 5.95. The van der Waals surface area contributed by atoms with Crippen molar-refractivity contribution in [2.45, 2.75) is 31.7 Å². The predicted octanol–water partition coefficient (Wildman–Crippen LogP) is 1.42. The van der Waals surface area contributed by atoms with Crippen LogP contribution in [0.1, 0.15) is 25.7 Å². The Morgan fingerprint density at radius 3 is 2.62 bits per heavy atom. The van der Waals surface area contributed by atoms with Gasteiger partial charge in [-0.3, -0.25) is 4.79 Å². The summed E-state index contributed by atoms with van der Waals surface area (Å²) in [5.74, 6) is 2.90. The predicted molar refractivity (Wildman–Crippen MR) is 71.3 cm³/mol. The molecule has 2 heterocycles. The van der Waals surface area contributed by atoms with Crippen LogP contribution in [0.15, 0.2) is 0 Å². The van der Waals surface area contributed by atoms with Crippen LogP contribution in [-0.2, 0) is 4.79 Å². The Balaban J connectivity index is 0.00000128. The van der Waals surface area contributed by atoms with Crippen molar-refractivity contribution < 1.29 is 4.79 Å². The second-order valence-corrected chi connectivity index (χ2v) is 5.66. The lowest BCUT2D eigenvalue weighted by atomic mass is 9.98. The van der Waals surface area contributed by atoms with Crippen LogP contribution in [0, 0.1) is 5.92 Å². The first kappa shape index (κ1) is 14.1. The molecule has 2 aliphatic rings. The topological polar surface area (TPSA) is 41.1 Å². The molecule has 0 aliphatic carbocycles. The summed E-state index contributed by atoms with van der Waals surface area (Å²) < 4.78 is 0. The third-order valence-electron chi connectivity index (χ3n) is 3.24. The van der Waals surface area contributed by atoms with Gasteiger partial charge in [0, 0.05) is 12.6 Å². The van der Waals surface area contributed by atoms with Crippen LogP contribution in [0.25, 0.3) is 0 Å². The van der Waals surface area contributed by atoms with Crippen molar-refractivity contribution in [3.8, 4) is 0 Å². The number of carbonyl (C=O) groups excluding carboxylic acids is 1. The second kappa shape index (κ2) is 7.41. The minimum atomic E-state index is 0. The highest BCUT2D eigenvalue weighted by Gasteiger charge is 2.23. The monoisotopic (exact) mass is 264 g/mol. The maximum absolute atomic E-state index is 11.9. The van der Waals surface area contributed by atoms with Gasteiger partial charge in [-0.2, -0.15) is 11.8 Å². The Morgan fingerprint density at radius 1 is 1.25 bits per heavy atom. The lowest BCUT2D eigenvalue weighted by Crippen LogP contribution is -2.45. The summed E-state index contributed by atoms with van der Waals surface area (Å²) in [6.07, 6.45) is 4.49. The van der Waals surface area contributed by atoms with E-state index in [1.54, 1.807) is 0 Å². The second-order valence-electron chi connectivity index (χ2n) is 4.44. The van der Waals surface area contributed by atoms with E-state index in [0.29, 0.717) is 6.04 Å². The zero-order chi connectivity index (χ0) is 10.5. The van der Waals surface area contributed by atoms with E-state index < -0.39 is 0 Å². The maximum Gasteiger partial charge on any atom is 0.224 e. The van der Waals surface area contributed by atoms with Crippen molar-refractivity contribution in [2.75, 3.05) is 24.6 Å². The molecule has 2 saturated heterocycles. The molecule has 1 amide bonds. The molecule has 0 aromatic carbocycles. The SMILES string of the molecule is Cl.O=C(NC1CCSCC1)[C@@H]1CCCNC1. The molecule has 0 unspecified atom stereocenters. The van der Waals surface area contributed by atoms with Gasteiger partial charge in [0.05, 0.1) is 5.92 Å². The zero-order valence-electron chi connectivity index (χ0n) is 9.54. The number of nitrogens with one attached hydrogen (secondary N) is 2. The molecular formula is C11H21ClN2OS. The molecule has 16 heavy (non-hydrogen) atoms. The minimum Gasteiger partial charge on any atom is -0.353 e. The summed E-state index contributed by atoms with van der Waals surface area (Å²) in [6, 6.07) is 0.445. The van der Waals surface area contributed by atoms with E-state index in [2.05, 4.69) is 10.6 Å². The van der Waals surface area contributed by atoms with E-state index in [4.69, 9.17) is 0 Å². The molecule has 0 aromatic heterocycles. The number of thioether (sulfide) groups is 1. The number of piperidine rings is 1. The fourth-order valence-electron chi connectivity index (χ4n) is 2.24. The van der Waals surface area contributed by atoms with Crippen molar-refractivity contribution in [1.29, 1.82) is 0 Å². The summed E-state index contributed by atoms with van der Waals surface area (Å²) >= 11 is 2.00. The number of hydrogen-bond donors (Lipinski definition) is 2. The molecule has 1 atom stereocenters. The van der Waals surface area contributed by atoms with Crippen molar-refractivity contribution in [3.63, 3.8) is 0 Å². The molecular weight excluding hydrogens is 244 g/mol. The highest BCUT2D eigenvalue weighted by Crippen LogP contribution is 2.18. The summed E-state index contributed by atoms with van der Waals surface area (Å²) in [4.78, 5) is 11.9. The number of amides is 1. The van der Waals surface area contributed by atoms with Crippen molar-refractivity contribution in [3.05, 3.63) is 0 Å². The summed E-state index contributed by atoms with van der Waals surface area (Å²) in [6.45, 7) is 1.94. The summed E-state index contributed by atoms with van der Waals surface area (Å²) in [5, 5.41) is 6.48. The molecule has 2 fully saturated rings. The smallest absolute Gasteiger partial charge is 0.224 e. The maximum atomic E-state index is 11.9. The van der Waals surface area contributed by atoms with Gasteiger partial charge in [-0.15, -0.1) is 12.4 Å². The summed E-state index contributed by atoms with van der Waals surface area (Å²) in [7, 11) is 0. The Labute approximate surface area is 108 Å². The first-order valence-corrected chi connectivity index (χ1v) is 7.10. The largest absolute Gasteiger partial charge is 0.353 e. The zero-order valence-corrected chi connectivity index (χ0v) is 11.2. The third-order valence-corrected chi connectivity index (χ3v) is 4.28. The van der Waals surface area contributed by atoms with Crippen LogP contribution in [0.2, 0.25) is 0 Å². The third kappa shape index (κ3) is 4.15. The van der Waals surface area contributed by atoms with Gasteiger partial charge in [0.1, 0.15) is 0 Å².